The van der Waals surface area contributed by atoms with E-state index in [1.807, 2.05) is 18.2 Å². The molecule has 0 spiro atoms. The van der Waals surface area contributed by atoms with Gasteiger partial charge >= 0.3 is 0 Å². The van der Waals surface area contributed by atoms with Gasteiger partial charge in [-0.1, -0.05) is 17.7 Å². The van der Waals surface area contributed by atoms with Crippen molar-refractivity contribution in [3.63, 3.8) is 0 Å². The summed E-state index contributed by atoms with van der Waals surface area (Å²) < 4.78 is 5.40. The minimum absolute atomic E-state index is 0.726. The Hall–Kier alpha value is -1.67. The summed E-state index contributed by atoms with van der Waals surface area (Å²) in [6.45, 7) is 1.02. The van der Waals surface area contributed by atoms with Crippen LogP contribution in [0.2, 0.25) is 5.02 Å². The van der Waals surface area contributed by atoms with E-state index in [9.17, 15) is 0 Å². The SMILES string of the molecule is COc1ccc(Cl)cc1-c1ccc2c(c1)CCN2. The van der Waals surface area contributed by atoms with Crippen LogP contribution < -0.4 is 10.1 Å². The van der Waals surface area contributed by atoms with Crippen molar-refractivity contribution in [1.82, 2.24) is 0 Å². The first-order chi connectivity index (χ1) is 8.78. The molecule has 92 valence electrons. The molecule has 1 aliphatic rings. The van der Waals surface area contributed by atoms with Crippen molar-refractivity contribution in [3.05, 3.63) is 47.0 Å². The fourth-order valence-corrected chi connectivity index (χ4v) is 2.55. The first kappa shape index (κ1) is 11.4. The Kier molecular flexibility index (Phi) is 2.88. The molecule has 0 aromatic heterocycles. The lowest BCUT2D eigenvalue weighted by Gasteiger charge is -2.10. The monoisotopic (exact) mass is 259 g/mol. The average molecular weight is 260 g/mol. The van der Waals surface area contributed by atoms with Gasteiger partial charge in [0.1, 0.15) is 5.75 Å². The molecular weight excluding hydrogens is 246 g/mol. The smallest absolute Gasteiger partial charge is 0.126 e. The second kappa shape index (κ2) is 4.54. The molecule has 0 radical (unpaired) electrons. The van der Waals surface area contributed by atoms with Crippen LogP contribution in [-0.4, -0.2) is 13.7 Å². The minimum atomic E-state index is 0.726. The molecule has 2 aromatic rings. The highest BCUT2D eigenvalue weighted by molar-refractivity contribution is 6.31. The van der Waals surface area contributed by atoms with Crippen molar-refractivity contribution in [3.8, 4) is 16.9 Å². The number of halogens is 1. The van der Waals surface area contributed by atoms with Crippen LogP contribution in [-0.2, 0) is 6.42 Å². The standard InChI is InChI=1S/C15H14ClNO/c1-18-15-5-3-12(16)9-13(15)10-2-4-14-11(8-10)6-7-17-14/h2-5,8-9,17H,6-7H2,1H3. The number of methoxy groups -OCH3 is 1. The normalized spacial score (nSPS) is 13.0. The predicted molar refractivity (Wildman–Crippen MR) is 75.6 cm³/mol. The van der Waals surface area contributed by atoms with Gasteiger partial charge in [0.2, 0.25) is 0 Å². The second-order valence-corrected chi connectivity index (χ2v) is 4.83. The third-order valence-electron chi connectivity index (χ3n) is 3.29. The van der Waals surface area contributed by atoms with E-state index in [0.29, 0.717) is 0 Å². The summed E-state index contributed by atoms with van der Waals surface area (Å²) in [5.41, 5.74) is 4.78. The maximum Gasteiger partial charge on any atom is 0.126 e. The summed E-state index contributed by atoms with van der Waals surface area (Å²) in [6, 6.07) is 12.1. The molecule has 3 rings (SSSR count). The molecule has 3 heteroatoms. The van der Waals surface area contributed by atoms with Crippen LogP contribution in [0.1, 0.15) is 5.56 Å². The summed E-state index contributed by atoms with van der Waals surface area (Å²) in [5, 5.41) is 4.09. The van der Waals surface area contributed by atoms with Gasteiger partial charge in [0.25, 0.3) is 0 Å². The van der Waals surface area contributed by atoms with E-state index >= 15 is 0 Å². The Morgan fingerprint density at radius 3 is 2.89 bits per heavy atom. The van der Waals surface area contributed by atoms with E-state index < -0.39 is 0 Å². The Morgan fingerprint density at radius 1 is 1.17 bits per heavy atom. The van der Waals surface area contributed by atoms with Crippen LogP contribution in [0.4, 0.5) is 5.69 Å². The van der Waals surface area contributed by atoms with Crippen molar-refractivity contribution in [2.75, 3.05) is 19.0 Å². The molecule has 1 heterocycles. The molecule has 1 N–H and O–H groups in total. The maximum absolute atomic E-state index is 6.07. The molecule has 0 fully saturated rings. The van der Waals surface area contributed by atoms with E-state index in [2.05, 4.69) is 23.5 Å². The molecule has 2 aromatic carbocycles. The molecule has 0 saturated heterocycles. The molecule has 0 amide bonds. The number of hydrogen-bond acceptors (Lipinski definition) is 2. The summed E-state index contributed by atoms with van der Waals surface area (Å²) in [4.78, 5) is 0. The number of hydrogen-bond donors (Lipinski definition) is 1. The van der Waals surface area contributed by atoms with Crippen LogP contribution >= 0.6 is 11.6 Å². The topological polar surface area (TPSA) is 21.3 Å². The van der Waals surface area contributed by atoms with E-state index in [1.165, 1.54) is 11.3 Å². The molecule has 0 aliphatic carbocycles. The molecular formula is C15H14ClNO. The Bertz CT molecular complexity index is 595. The number of ether oxygens (including phenoxy) is 1. The van der Waals surface area contributed by atoms with Gasteiger partial charge in [-0.3, -0.25) is 0 Å². The zero-order valence-electron chi connectivity index (χ0n) is 10.2. The lowest BCUT2D eigenvalue weighted by molar-refractivity contribution is 0.416. The highest BCUT2D eigenvalue weighted by atomic mass is 35.5. The first-order valence-corrected chi connectivity index (χ1v) is 6.36. The zero-order valence-corrected chi connectivity index (χ0v) is 10.9. The molecule has 0 unspecified atom stereocenters. The largest absolute Gasteiger partial charge is 0.496 e. The predicted octanol–water partition coefficient (Wildman–Crippen LogP) is 3.98. The quantitative estimate of drug-likeness (QED) is 0.881. The van der Waals surface area contributed by atoms with E-state index in [4.69, 9.17) is 16.3 Å². The maximum atomic E-state index is 6.07. The number of nitrogens with one attached hydrogen (secondary N) is 1. The van der Waals surface area contributed by atoms with E-state index in [1.54, 1.807) is 7.11 Å². The Balaban J connectivity index is 2.12. The second-order valence-electron chi connectivity index (χ2n) is 4.39. The first-order valence-electron chi connectivity index (χ1n) is 5.98. The minimum Gasteiger partial charge on any atom is -0.496 e. The third-order valence-corrected chi connectivity index (χ3v) is 3.52. The van der Waals surface area contributed by atoms with Gasteiger partial charge < -0.3 is 10.1 Å². The lowest BCUT2D eigenvalue weighted by Crippen LogP contribution is -1.90. The number of rotatable bonds is 2. The van der Waals surface area contributed by atoms with E-state index in [-0.39, 0.29) is 0 Å². The van der Waals surface area contributed by atoms with Gasteiger partial charge in [-0.05, 0) is 47.9 Å². The summed E-state index contributed by atoms with van der Waals surface area (Å²) in [5.74, 6) is 0.852. The number of benzene rings is 2. The molecule has 0 saturated carbocycles. The van der Waals surface area contributed by atoms with Crippen molar-refractivity contribution >= 4 is 17.3 Å². The van der Waals surface area contributed by atoms with Gasteiger partial charge in [0, 0.05) is 22.8 Å². The van der Waals surface area contributed by atoms with Crippen LogP contribution in [0.15, 0.2) is 36.4 Å². The van der Waals surface area contributed by atoms with Crippen LogP contribution in [0.25, 0.3) is 11.1 Å². The Morgan fingerprint density at radius 2 is 2.06 bits per heavy atom. The molecule has 0 bridgehead atoms. The van der Waals surface area contributed by atoms with Gasteiger partial charge in [0.15, 0.2) is 0 Å². The highest BCUT2D eigenvalue weighted by Gasteiger charge is 2.13. The summed E-state index contributed by atoms with van der Waals surface area (Å²) in [6.07, 6.45) is 1.08. The Labute approximate surface area is 112 Å². The summed E-state index contributed by atoms with van der Waals surface area (Å²) >= 11 is 6.07. The number of anilines is 1. The van der Waals surface area contributed by atoms with Crippen molar-refractivity contribution in [2.45, 2.75) is 6.42 Å². The third kappa shape index (κ3) is 1.93. The van der Waals surface area contributed by atoms with Crippen molar-refractivity contribution < 1.29 is 4.74 Å². The van der Waals surface area contributed by atoms with Gasteiger partial charge in [0.05, 0.1) is 7.11 Å². The van der Waals surface area contributed by atoms with Crippen LogP contribution in [0, 0.1) is 0 Å². The molecule has 18 heavy (non-hydrogen) atoms. The van der Waals surface area contributed by atoms with Crippen molar-refractivity contribution in [1.29, 1.82) is 0 Å². The number of fused-ring (bicyclic) bond motifs is 1. The highest BCUT2D eigenvalue weighted by Crippen LogP contribution is 2.35. The van der Waals surface area contributed by atoms with Gasteiger partial charge in [-0.15, -0.1) is 0 Å². The van der Waals surface area contributed by atoms with Gasteiger partial charge in [-0.2, -0.15) is 0 Å². The fraction of sp³-hybridized carbons (Fsp3) is 0.200. The van der Waals surface area contributed by atoms with Crippen molar-refractivity contribution in [2.24, 2.45) is 0 Å². The lowest BCUT2D eigenvalue weighted by atomic mass is 10.0. The fourth-order valence-electron chi connectivity index (χ4n) is 2.38. The van der Waals surface area contributed by atoms with Gasteiger partial charge in [-0.25, -0.2) is 0 Å². The zero-order chi connectivity index (χ0) is 12.5. The summed E-state index contributed by atoms with van der Waals surface area (Å²) in [7, 11) is 1.68. The average Bonchev–Trinajstić information content (AvgIpc) is 2.85. The van der Waals surface area contributed by atoms with Crippen LogP contribution in [0.3, 0.4) is 0 Å². The molecule has 0 atom stereocenters. The molecule has 1 aliphatic heterocycles. The van der Waals surface area contributed by atoms with E-state index in [0.717, 1.165) is 34.9 Å². The molecule has 2 nitrogen and oxygen atoms in total. The van der Waals surface area contributed by atoms with Crippen LogP contribution in [0.5, 0.6) is 5.75 Å².